The van der Waals surface area contributed by atoms with E-state index in [1.165, 1.54) is 24.3 Å². The molecule has 0 radical (unpaired) electrons. The molecule has 0 saturated carbocycles. The van der Waals surface area contributed by atoms with Gasteiger partial charge in [-0.3, -0.25) is 0 Å². The number of halogens is 3. The molecule has 0 bridgehead atoms. The summed E-state index contributed by atoms with van der Waals surface area (Å²) in [5.41, 5.74) is -2.99. The van der Waals surface area contributed by atoms with Crippen molar-refractivity contribution in [2.45, 2.75) is 34.9 Å². The third-order valence-electron chi connectivity index (χ3n) is 6.28. The van der Waals surface area contributed by atoms with Crippen molar-refractivity contribution in [3.63, 3.8) is 0 Å². The molecule has 11 heteroatoms. The van der Waals surface area contributed by atoms with Crippen LogP contribution in [0.5, 0.6) is 5.75 Å². The Kier molecular flexibility index (Phi) is 5.11. The summed E-state index contributed by atoms with van der Waals surface area (Å²) in [6, 6.07) is 6.54. The van der Waals surface area contributed by atoms with Gasteiger partial charge in [0.1, 0.15) is 20.4 Å². The molecule has 2 aromatic rings. The summed E-state index contributed by atoms with van der Waals surface area (Å²) < 4.78 is 117. The van der Waals surface area contributed by atoms with Gasteiger partial charge in [0.15, 0.2) is 21.4 Å². The standard InChI is InChI=1S/C22H23ClF2O6S2/c1-21(10-12-32(2,26)27)18-13-30-20-17(25)8-7-16(24)19(20)22(18,9-11-31-21)33(28,29)15-5-3-14(23)4-6-15/h3-8,18H,9-13H2,1-2H3/t18-,21-,22-/m0/s1/i1D3. The van der Waals surface area contributed by atoms with E-state index in [1.54, 1.807) is 0 Å². The second-order valence-electron chi connectivity index (χ2n) is 8.31. The first kappa shape index (κ1) is 20.6. The number of fused-ring (bicyclic) bond motifs is 3. The van der Waals surface area contributed by atoms with E-state index < -0.39 is 97.5 Å². The molecule has 2 aromatic carbocycles. The van der Waals surface area contributed by atoms with Gasteiger partial charge in [-0.1, -0.05) is 11.6 Å². The lowest BCUT2D eigenvalue weighted by molar-refractivity contribution is -0.143. The molecular formula is C22H23ClF2O6S2. The van der Waals surface area contributed by atoms with Crippen LogP contribution in [0.3, 0.4) is 0 Å². The fourth-order valence-electron chi connectivity index (χ4n) is 4.70. The highest BCUT2D eigenvalue weighted by Crippen LogP contribution is 2.58. The minimum atomic E-state index is -4.66. The summed E-state index contributed by atoms with van der Waals surface area (Å²) in [7, 11) is -8.38. The Morgan fingerprint density at radius 2 is 1.79 bits per heavy atom. The van der Waals surface area contributed by atoms with Crippen LogP contribution in [-0.4, -0.2) is 47.7 Å². The van der Waals surface area contributed by atoms with Crippen LogP contribution in [0.15, 0.2) is 41.3 Å². The minimum Gasteiger partial charge on any atom is -0.490 e. The van der Waals surface area contributed by atoms with Gasteiger partial charge >= 0.3 is 0 Å². The van der Waals surface area contributed by atoms with Gasteiger partial charge in [-0.25, -0.2) is 25.6 Å². The van der Waals surface area contributed by atoms with Crippen LogP contribution in [0.25, 0.3) is 0 Å². The molecule has 1 fully saturated rings. The van der Waals surface area contributed by atoms with Gasteiger partial charge < -0.3 is 9.47 Å². The van der Waals surface area contributed by atoms with Crippen LogP contribution in [-0.2, 0) is 29.2 Å². The van der Waals surface area contributed by atoms with Gasteiger partial charge in [0.2, 0.25) is 0 Å². The lowest BCUT2D eigenvalue weighted by Gasteiger charge is -2.54. The number of ether oxygens (including phenoxy) is 2. The predicted molar refractivity (Wildman–Crippen MR) is 119 cm³/mol. The highest BCUT2D eigenvalue weighted by Gasteiger charge is 2.64. The van der Waals surface area contributed by atoms with Gasteiger partial charge in [0.25, 0.3) is 0 Å². The molecule has 0 spiro atoms. The van der Waals surface area contributed by atoms with E-state index in [0.29, 0.717) is 0 Å². The van der Waals surface area contributed by atoms with E-state index in [9.17, 15) is 21.2 Å². The molecule has 6 nitrogen and oxygen atoms in total. The monoisotopic (exact) mass is 523 g/mol. The third-order valence-corrected chi connectivity index (χ3v) is 10.0. The molecule has 0 aromatic heterocycles. The molecule has 0 aliphatic carbocycles. The Bertz CT molecular complexity index is 1400. The van der Waals surface area contributed by atoms with Crippen molar-refractivity contribution < 1.29 is 39.2 Å². The van der Waals surface area contributed by atoms with E-state index >= 15 is 4.39 Å². The summed E-state index contributed by atoms with van der Waals surface area (Å²) >= 11 is 5.92. The van der Waals surface area contributed by atoms with Crippen LogP contribution in [0.2, 0.25) is 5.02 Å². The molecule has 2 aliphatic rings. The average Bonchev–Trinajstić information content (AvgIpc) is 2.78. The molecule has 180 valence electrons. The lowest BCUT2D eigenvalue weighted by Crippen LogP contribution is -2.62. The summed E-state index contributed by atoms with van der Waals surface area (Å²) in [6.45, 7) is -4.18. The Morgan fingerprint density at radius 1 is 1.12 bits per heavy atom. The summed E-state index contributed by atoms with van der Waals surface area (Å²) in [5, 5.41) is 0.226. The maximum absolute atomic E-state index is 15.5. The lowest BCUT2D eigenvalue weighted by atomic mass is 9.69. The van der Waals surface area contributed by atoms with Crippen molar-refractivity contribution in [3.05, 3.63) is 58.6 Å². The van der Waals surface area contributed by atoms with Crippen LogP contribution < -0.4 is 4.74 Å². The molecule has 0 amide bonds. The largest absolute Gasteiger partial charge is 0.490 e. The molecule has 1 saturated heterocycles. The molecule has 4 rings (SSSR count). The molecule has 2 heterocycles. The molecule has 33 heavy (non-hydrogen) atoms. The number of hydrogen-bond donors (Lipinski definition) is 0. The quantitative estimate of drug-likeness (QED) is 0.590. The highest BCUT2D eigenvalue weighted by atomic mass is 35.5. The first-order valence-electron chi connectivity index (χ1n) is 11.5. The van der Waals surface area contributed by atoms with E-state index in [4.69, 9.17) is 25.2 Å². The van der Waals surface area contributed by atoms with Gasteiger partial charge in [0.05, 0.1) is 28.4 Å². The normalized spacial score (nSPS) is 29.1. The molecule has 2 aliphatic heterocycles. The zero-order valence-electron chi connectivity index (χ0n) is 20.5. The van der Waals surface area contributed by atoms with Gasteiger partial charge in [-0.2, -0.15) is 0 Å². The van der Waals surface area contributed by atoms with E-state index in [2.05, 4.69) is 0 Å². The van der Waals surface area contributed by atoms with Crippen molar-refractivity contribution in [1.82, 2.24) is 0 Å². The van der Waals surface area contributed by atoms with Gasteiger partial charge in [-0.05, 0) is 56.1 Å². The highest BCUT2D eigenvalue weighted by molar-refractivity contribution is 7.92. The third kappa shape index (κ3) is 3.94. The van der Waals surface area contributed by atoms with Crippen LogP contribution in [0.1, 0.15) is 29.4 Å². The van der Waals surface area contributed by atoms with E-state index in [0.717, 1.165) is 18.4 Å². The van der Waals surface area contributed by atoms with Crippen molar-refractivity contribution in [1.29, 1.82) is 0 Å². The first-order valence-corrected chi connectivity index (χ1v) is 13.9. The van der Waals surface area contributed by atoms with Crippen LogP contribution >= 0.6 is 11.6 Å². The van der Waals surface area contributed by atoms with Crippen LogP contribution in [0.4, 0.5) is 8.78 Å². The fraction of sp³-hybridized carbons (Fsp3) is 0.455. The molecule has 0 N–H and O–H groups in total. The Morgan fingerprint density at radius 3 is 2.42 bits per heavy atom. The topological polar surface area (TPSA) is 86.7 Å². The van der Waals surface area contributed by atoms with Crippen molar-refractivity contribution in [2.24, 2.45) is 5.92 Å². The summed E-state index contributed by atoms with van der Waals surface area (Å²) in [5.74, 6) is -5.00. The fourth-order valence-corrected chi connectivity index (χ4v) is 7.86. The summed E-state index contributed by atoms with van der Waals surface area (Å²) in [4.78, 5) is -0.294. The van der Waals surface area contributed by atoms with E-state index in [1.807, 2.05) is 0 Å². The Balaban J connectivity index is 2.08. The van der Waals surface area contributed by atoms with Crippen LogP contribution in [0, 0.1) is 17.6 Å². The maximum Gasteiger partial charge on any atom is 0.189 e. The Hall–Kier alpha value is -1.75. The molecular weight excluding hydrogens is 498 g/mol. The smallest absolute Gasteiger partial charge is 0.189 e. The zero-order chi connectivity index (χ0) is 26.7. The van der Waals surface area contributed by atoms with E-state index in [-0.39, 0.29) is 9.92 Å². The van der Waals surface area contributed by atoms with Crippen molar-refractivity contribution in [2.75, 3.05) is 25.2 Å². The van der Waals surface area contributed by atoms with Gasteiger partial charge in [-0.15, -0.1) is 0 Å². The SMILES string of the molecule is [2H]C([2H])([2H])[C@@]1(CCS(C)(=O)=O)OCC[C@@]2(S(=O)(=O)c3ccc(Cl)cc3)c3c(F)ccc(F)c3OC[C@@H]12. The number of hydrogen-bond acceptors (Lipinski definition) is 6. The average molecular weight is 524 g/mol. The number of sulfone groups is 2. The first-order chi connectivity index (χ1) is 16.6. The predicted octanol–water partition coefficient (Wildman–Crippen LogP) is 3.91. The summed E-state index contributed by atoms with van der Waals surface area (Å²) in [6.07, 6.45) is -0.126. The minimum absolute atomic E-state index is 0.226. The van der Waals surface area contributed by atoms with Crippen molar-refractivity contribution in [3.8, 4) is 5.75 Å². The second kappa shape index (κ2) is 8.18. The van der Waals surface area contributed by atoms with Crippen molar-refractivity contribution >= 4 is 31.3 Å². The molecule has 0 unspecified atom stereocenters. The molecule has 3 atom stereocenters. The second-order valence-corrected chi connectivity index (χ2v) is 13.2. The zero-order valence-corrected chi connectivity index (χ0v) is 19.9. The maximum atomic E-state index is 15.5. The van der Waals surface area contributed by atoms with Gasteiger partial charge in [0, 0.05) is 27.9 Å². The number of benzene rings is 2. The number of rotatable bonds is 5. The Labute approximate surface area is 200 Å².